The zero-order valence-electron chi connectivity index (χ0n) is 27.4. The summed E-state index contributed by atoms with van der Waals surface area (Å²) in [5, 5.41) is 0. The summed E-state index contributed by atoms with van der Waals surface area (Å²) in [5.41, 5.74) is 3.20. The molecule has 0 aliphatic heterocycles. The van der Waals surface area contributed by atoms with Gasteiger partial charge in [0.25, 0.3) is 0 Å². The molecule has 1 rings (SSSR count). The van der Waals surface area contributed by atoms with E-state index < -0.39 is 0 Å². The van der Waals surface area contributed by atoms with Gasteiger partial charge in [-0.3, -0.25) is 0 Å². The molecular weight excluding hydrogens is 470 g/mol. The molecule has 0 fully saturated rings. The molecule has 1 aromatic rings. The van der Waals surface area contributed by atoms with E-state index in [-0.39, 0.29) is 0 Å². The third kappa shape index (κ3) is 23.5. The minimum absolute atomic E-state index is 1.21. The van der Waals surface area contributed by atoms with Crippen molar-refractivity contribution >= 4 is 0 Å². The topological polar surface area (TPSA) is 3.88 Å². The van der Waals surface area contributed by atoms with Gasteiger partial charge in [0, 0.05) is 17.5 Å². The summed E-state index contributed by atoms with van der Waals surface area (Å²) in [5.74, 6) is 0. The molecule has 39 heavy (non-hydrogen) atoms. The molecule has 0 aromatic carbocycles. The summed E-state index contributed by atoms with van der Waals surface area (Å²) in [6.45, 7) is 8.15. The number of pyridine rings is 1. The van der Waals surface area contributed by atoms with Crippen LogP contribution in [0.25, 0.3) is 0 Å². The van der Waals surface area contributed by atoms with Crippen LogP contribution < -0.4 is 4.57 Å². The lowest BCUT2D eigenvalue weighted by Gasteiger charge is -2.07. The van der Waals surface area contributed by atoms with E-state index in [2.05, 4.69) is 43.8 Å². The quantitative estimate of drug-likeness (QED) is 0.0672. The maximum atomic E-state index is 2.56. The Kier molecular flexibility index (Phi) is 26.6. The summed E-state index contributed by atoms with van der Waals surface area (Å²) in [6, 6.07) is 2.56. The fourth-order valence-corrected chi connectivity index (χ4v) is 6.06. The van der Waals surface area contributed by atoms with Crippen LogP contribution in [0.5, 0.6) is 0 Å². The molecular formula is C38H72N+. The highest BCUT2D eigenvalue weighted by Crippen LogP contribution is 2.15. The lowest BCUT2D eigenvalue weighted by molar-refractivity contribution is -0.698. The molecule has 0 N–H and O–H groups in total. The number of unbranched alkanes of at least 4 members (excludes halogenated alkanes) is 24. The van der Waals surface area contributed by atoms with Crippen LogP contribution in [0.4, 0.5) is 0 Å². The van der Waals surface area contributed by atoms with E-state index in [1.165, 1.54) is 193 Å². The molecule has 0 radical (unpaired) electrons. The molecule has 0 aliphatic rings. The second-order valence-corrected chi connectivity index (χ2v) is 12.8. The standard InChI is InChI=1S/C38H72N/c1-4-7-10-13-16-19-22-25-28-31-37-34-38(32-29-26-23-20-17-14-11-8-5-2)36-39(35-37)33-30-27-24-21-18-15-12-9-6-3/h34-36H,4-33H2,1-3H3/q+1. The monoisotopic (exact) mass is 543 g/mol. The van der Waals surface area contributed by atoms with Crippen LogP contribution in [0.3, 0.4) is 0 Å². The van der Waals surface area contributed by atoms with Gasteiger partial charge in [-0.25, -0.2) is 4.57 Å². The van der Waals surface area contributed by atoms with E-state index in [0.29, 0.717) is 0 Å². The van der Waals surface area contributed by atoms with Gasteiger partial charge in [0.2, 0.25) is 0 Å². The fraction of sp³-hybridized carbons (Fsp3) is 0.868. The van der Waals surface area contributed by atoms with Crippen LogP contribution in [-0.2, 0) is 19.4 Å². The molecule has 0 saturated heterocycles. The maximum Gasteiger partial charge on any atom is 0.171 e. The third-order valence-corrected chi connectivity index (χ3v) is 8.69. The highest BCUT2D eigenvalue weighted by Gasteiger charge is 2.09. The van der Waals surface area contributed by atoms with Crippen LogP contribution in [-0.4, -0.2) is 0 Å². The second kappa shape index (κ2) is 28.7. The number of rotatable bonds is 30. The van der Waals surface area contributed by atoms with Crippen molar-refractivity contribution in [1.29, 1.82) is 0 Å². The Hall–Kier alpha value is -0.850. The lowest BCUT2D eigenvalue weighted by Crippen LogP contribution is -2.34. The van der Waals surface area contributed by atoms with E-state index in [1.807, 2.05) is 0 Å². The van der Waals surface area contributed by atoms with E-state index in [0.717, 1.165) is 0 Å². The highest BCUT2D eigenvalue weighted by atomic mass is 14.9. The molecule has 0 amide bonds. The third-order valence-electron chi connectivity index (χ3n) is 8.69. The van der Waals surface area contributed by atoms with Crippen molar-refractivity contribution in [1.82, 2.24) is 0 Å². The van der Waals surface area contributed by atoms with Crippen molar-refractivity contribution in [2.45, 2.75) is 214 Å². The van der Waals surface area contributed by atoms with Gasteiger partial charge < -0.3 is 0 Å². The van der Waals surface area contributed by atoms with Gasteiger partial charge >= 0.3 is 0 Å². The Bertz CT molecular complexity index is 523. The van der Waals surface area contributed by atoms with Gasteiger partial charge in [-0.05, 0) is 38.2 Å². The smallest absolute Gasteiger partial charge is 0.171 e. The molecule has 1 nitrogen and oxygen atoms in total. The van der Waals surface area contributed by atoms with Gasteiger partial charge in [0.05, 0.1) is 0 Å². The first-order valence-corrected chi connectivity index (χ1v) is 18.3. The fourth-order valence-electron chi connectivity index (χ4n) is 6.06. The van der Waals surface area contributed by atoms with Crippen molar-refractivity contribution in [3.05, 3.63) is 29.6 Å². The largest absolute Gasteiger partial charge is 0.205 e. The average molecular weight is 543 g/mol. The highest BCUT2D eigenvalue weighted by molar-refractivity contribution is 5.15. The normalized spacial score (nSPS) is 11.5. The van der Waals surface area contributed by atoms with Crippen LogP contribution in [0, 0.1) is 0 Å². The van der Waals surface area contributed by atoms with Crippen LogP contribution in [0.15, 0.2) is 18.5 Å². The van der Waals surface area contributed by atoms with Crippen molar-refractivity contribution in [3.8, 4) is 0 Å². The Morgan fingerprint density at radius 1 is 0.359 bits per heavy atom. The van der Waals surface area contributed by atoms with Crippen LogP contribution in [0.1, 0.15) is 205 Å². The van der Waals surface area contributed by atoms with Gasteiger partial charge in [-0.1, -0.05) is 168 Å². The Morgan fingerprint density at radius 3 is 0.974 bits per heavy atom. The molecule has 0 spiro atoms. The summed E-state index contributed by atoms with van der Waals surface area (Å²) >= 11 is 0. The van der Waals surface area contributed by atoms with Crippen molar-refractivity contribution in [2.24, 2.45) is 0 Å². The number of nitrogens with zero attached hydrogens (tertiary/aromatic N) is 1. The molecule has 0 saturated carbocycles. The van der Waals surface area contributed by atoms with Gasteiger partial charge in [0.15, 0.2) is 12.4 Å². The molecule has 0 atom stereocenters. The summed E-state index contributed by atoms with van der Waals surface area (Å²) in [6.07, 6.45) is 45.9. The lowest BCUT2D eigenvalue weighted by atomic mass is 10.0. The molecule has 0 bridgehead atoms. The zero-order valence-corrected chi connectivity index (χ0v) is 27.4. The van der Waals surface area contributed by atoms with E-state index in [4.69, 9.17) is 0 Å². The average Bonchev–Trinajstić information content (AvgIpc) is 2.94. The van der Waals surface area contributed by atoms with Crippen molar-refractivity contribution in [2.75, 3.05) is 0 Å². The van der Waals surface area contributed by atoms with Crippen LogP contribution >= 0.6 is 0 Å². The zero-order chi connectivity index (χ0) is 28.1. The first kappa shape index (κ1) is 36.2. The molecule has 0 unspecified atom stereocenters. The number of aryl methyl sites for hydroxylation is 3. The predicted molar refractivity (Wildman–Crippen MR) is 176 cm³/mol. The number of hydrogen-bond acceptors (Lipinski definition) is 0. The first-order valence-electron chi connectivity index (χ1n) is 18.3. The van der Waals surface area contributed by atoms with Crippen molar-refractivity contribution in [3.63, 3.8) is 0 Å². The summed E-state index contributed by atoms with van der Waals surface area (Å²) in [7, 11) is 0. The van der Waals surface area contributed by atoms with E-state index in [9.17, 15) is 0 Å². The minimum Gasteiger partial charge on any atom is -0.205 e. The maximum absolute atomic E-state index is 2.56. The minimum atomic E-state index is 1.21. The molecule has 1 heteroatoms. The van der Waals surface area contributed by atoms with E-state index >= 15 is 0 Å². The molecule has 1 aromatic heterocycles. The predicted octanol–water partition coefficient (Wildman–Crippen LogP) is 12.7. The Balaban J connectivity index is 2.38. The SMILES string of the molecule is CCCCCCCCCCCc1cc(CCCCCCCCCCC)c[n+](CCCCCCCCCCC)c1. The number of hydrogen-bond donors (Lipinski definition) is 0. The Labute approximate surface area is 247 Å². The van der Waals surface area contributed by atoms with Gasteiger partial charge in [-0.2, -0.15) is 0 Å². The first-order chi connectivity index (χ1) is 19.3. The Morgan fingerprint density at radius 2 is 0.641 bits per heavy atom. The van der Waals surface area contributed by atoms with Gasteiger partial charge in [0.1, 0.15) is 6.54 Å². The summed E-state index contributed by atoms with van der Waals surface area (Å²) in [4.78, 5) is 0. The van der Waals surface area contributed by atoms with Crippen molar-refractivity contribution < 1.29 is 4.57 Å². The molecule has 228 valence electrons. The van der Waals surface area contributed by atoms with Crippen LogP contribution in [0.2, 0.25) is 0 Å². The molecule has 0 aliphatic carbocycles. The van der Waals surface area contributed by atoms with Gasteiger partial charge in [-0.15, -0.1) is 0 Å². The molecule has 1 heterocycles. The number of aromatic nitrogens is 1. The summed E-state index contributed by atoms with van der Waals surface area (Å²) < 4.78 is 2.56. The van der Waals surface area contributed by atoms with E-state index in [1.54, 1.807) is 11.1 Å². The second-order valence-electron chi connectivity index (χ2n) is 12.8.